The van der Waals surface area contributed by atoms with E-state index in [2.05, 4.69) is 29.4 Å². The number of nitrogens with one attached hydrogen (secondary N) is 2. The van der Waals surface area contributed by atoms with Crippen molar-refractivity contribution in [1.29, 1.82) is 0 Å². The number of aromatic amines is 1. The van der Waals surface area contributed by atoms with Crippen molar-refractivity contribution in [1.82, 2.24) is 15.2 Å². The van der Waals surface area contributed by atoms with Gasteiger partial charge in [-0.05, 0) is 49.3 Å². The molecule has 2 aliphatic rings. The van der Waals surface area contributed by atoms with E-state index in [1.807, 2.05) is 12.3 Å². The van der Waals surface area contributed by atoms with Crippen LogP contribution in [0.15, 0.2) is 24.4 Å². The first-order valence-corrected chi connectivity index (χ1v) is 9.33. The van der Waals surface area contributed by atoms with Crippen LogP contribution in [0.5, 0.6) is 0 Å². The number of carbonyl (C=O) groups excluding carboxylic acids is 1. The summed E-state index contributed by atoms with van der Waals surface area (Å²) in [7, 11) is 0. The molecule has 2 aromatic rings. The topological polar surface area (TPSA) is 85.4 Å². The predicted octanol–water partition coefficient (Wildman–Crippen LogP) is 2.92. The smallest absolute Gasteiger partial charge is 0.317 e. The van der Waals surface area contributed by atoms with Crippen molar-refractivity contribution in [3.8, 4) is 0 Å². The van der Waals surface area contributed by atoms with Gasteiger partial charge in [-0.1, -0.05) is 18.6 Å². The van der Waals surface area contributed by atoms with Crippen molar-refractivity contribution < 1.29 is 14.7 Å². The van der Waals surface area contributed by atoms with Crippen molar-refractivity contribution in [2.24, 2.45) is 11.3 Å². The van der Waals surface area contributed by atoms with E-state index >= 15 is 0 Å². The average Bonchev–Trinajstić information content (AvgIpc) is 3.27. The Kier molecular flexibility index (Phi) is 4.13. The van der Waals surface area contributed by atoms with Crippen molar-refractivity contribution in [2.45, 2.75) is 32.6 Å². The number of aromatic nitrogens is 1. The molecule has 0 bridgehead atoms. The Bertz CT molecular complexity index is 859. The summed E-state index contributed by atoms with van der Waals surface area (Å²) in [6, 6.07) is 6.03. The van der Waals surface area contributed by atoms with Crippen molar-refractivity contribution in [2.75, 3.05) is 19.6 Å². The molecule has 6 nitrogen and oxygen atoms in total. The summed E-state index contributed by atoms with van der Waals surface area (Å²) >= 11 is 0. The number of H-pyrrole nitrogens is 1. The molecule has 2 atom stereocenters. The van der Waals surface area contributed by atoms with Gasteiger partial charge in [0, 0.05) is 36.7 Å². The van der Waals surface area contributed by atoms with E-state index in [9.17, 15) is 14.7 Å². The molecule has 6 heteroatoms. The Labute approximate surface area is 152 Å². The highest BCUT2D eigenvalue weighted by atomic mass is 16.4. The number of likely N-dealkylation sites (tertiary alicyclic amines) is 1. The fourth-order valence-electron chi connectivity index (χ4n) is 4.86. The number of benzene rings is 1. The van der Waals surface area contributed by atoms with Gasteiger partial charge in [-0.3, -0.25) is 4.79 Å². The van der Waals surface area contributed by atoms with Crippen molar-refractivity contribution in [3.63, 3.8) is 0 Å². The molecule has 2 heterocycles. The molecule has 1 saturated carbocycles. The van der Waals surface area contributed by atoms with Crippen molar-refractivity contribution in [3.05, 3.63) is 35.5 Å². The van der Waals surface area contributed by atoms with E-state index in [0.717, 1.165) is 24.8 Å². The SMILES string of the molecule is Cc1cccc2[nH]cc(CCNC(=O)N3C[C@@H]4CCC[C@@]4(C(=O)O)C3)c12. The van der Waals surface area contributed by atoms with Gasteiger partial charge in [0.1, 0.15) is 0 Å². The summed E-state index contributed by atoms with van der Waals surface area (Å²) in [4.78, 5) is 29.2. The first kappa shape index (κ1) is 16.9. The number of rotatable bonds is 4. The highest BCUT2D eigenvalue weighted by Gasteiger charge is 2.55. The highest BCUT2D eigenvalue weighted by Crippen LogP contribution is 2.48. The van der Waals surface area contributed by atoms with Gasteiger partial charge in [0.05, 0.1) is 5.41 Å². The van der Waals surface area contributed by atoms with E-state index in [1.165, 1.54) is 16.5 Å². The van der Waals surface area contributed by atoms with E-state index in [1.54, 1.807) is 4.90 Å². The molecular weight excluding hydrogens is 330 g/mol. The minimum Gasteiger partial charge on any atom is -0.481 e. The first-order valence-electron chi connectivity index (χ1n) is 9.33. The third kappa shape index (κ3) is 2.64. The van der Waals surface area contributed by atoms with Crippen LogP contribution in [0.3, 0.4) is 0 Å². The molecule has 0 radical (unpaired) electrons. The maximum atomic E-state index is 12.5. The zero-order valence-electron chi connectivity index (χ0n) is 15.0. The van der Waals surface area contributed by atoms with Gasteiger partial charge in [0.25, 0.3) is 0 Å². The Balaban J connectivity index is 1.37. The fourth-order valence-corrected chi connectivity index (χ4v) is 4.86. The molecule has 1 aromatic carbocycles. The number of carbonyl (C=O) groups is 2. The Hall–Kier alpha value is -2.50. The predicted molar refractivity (Wildman–Crippen MR) is 99.1 cm³/mol. The van der Waals surface area contributed by atoms with Crippen molar-refractivity contribution >= 4 is 22.9 Å². The number of carboxylic acid groups (broad SMARTS) is 1. The van der Waals surface area contributed by atoms with Crippen LogP contribution in [0.1, 0.15) is 30.4 Å². The molecule has 2 amide bonds. The summed E-state index contributed by atoms with van der Waals surface area (Å²) in [5, 5.41) is 13.8. The number of hydrogen-bond acceptors (Lipinski definition) is 2. The number of hydrogen-bond donors (Lipinski definition) is 3. The average molecular weight is 355 g/mol. The van der Waals surface area contributed by atoms with Gasteiger partial charge < -0.3 is 20.3 Å². The zero-order chi connectivity index (χ0) is 18.3. The molecule has 3 N–H and O–H groups in total. The second kappa shape index (κ2) is 6.34. The lowest BCUT2D eigenvalue weighted by Crippen LogP contribution is -2.42. The van der Waals surface area contributed by atoms with E-state index in [0.29, 0.717) is 26.1 Å². The minimum atomic E-state index is -0.746. The lowest BCUT2D eigenvalue weighted by molar-refractivity contribution is -0.149. The molecule has 0 spiro atoms. The quantitative estimate of drug-likeness (QED) is 0.788. The van der Waals surface area contributed by atoms with Gasteiger partial charge in [-0.15, -0.1) is 0 Å². The summed E-state index contributed by atoms with van der Waals surface area (Å²) in [5.74, 6) is -0.647. The number of fused-ring (bicyclic) bond motifs is 2. The van der Waals surface area contributed by atoms with E-state index < -0.39 is 11.4 Å². The van der Waals surface area contributed by atoms with Gasteiger partial charge in [-0.25, -0.2) is 4.79 Å². The Morgan fingerprint density at radius 3 is 3.04 bits per heavy atom. The number of carboxylic acids is 1. The molecular formula is C20H25N3O3. The van der Waals surface area contributed by atoms with Crippen LogP contribution < -0.4 is 5.32 Å². The Morgan fingerprint density at radius 1 is 1.42 bits per heavy atom. The number of amides is 2. The van der Waals surface area contributed by atoms with Crippen LogP contribution in [0, 0.1) is 18.3 Å². The number of nitrogens with zero attached hydrogens (tertiary/aromatic N) is 1. The van der Waals surface area contributed by atoms with Crippen LogP contribution in [-0.2, 0) is 11.2 Å². The summed E-state index contributed by atoms with van der Waals surface area (Å²) < 4.78 is 0. The summed E-state index contributed by atoms with van der Waals surface area (Å²) in [6.07, 6.45) is 5.30. The molecule has 2 fully saturated rings. The molecule has 1 saturated heterocycles. The Morgan fingerprint density at radius 2 is 2.27 bits per heavy atom. The van der Waals surface area contributed by atoms with E-state index in [4.69, 9.17) is 0 Å². The molecule has 1 aliphatic carbocycles. The summed E-state index contributed by atoms with van der Waals surface area (Å²) in [5.41, 5.74) is 2.81. The first-order chi connectivity index (χ1) is 12.5. The number of urea groups is 1. The normalized spacial score (nSPS) is 24.8. The fraction of sp³-hybridized carbons (Fsp3) is 0.500. The lowest BCUT2D eigenvalue weighted by atomic mass is 9.81. The standard InChI is InChI=1S/C20H25N3O3/c1-13-4-2-6-16-17(13)14(10-22-16)7-9-21-19(26)23-11-15-5-3-8-20(15,12-23)18(24)25/h2,4,6,10,15,22H,3,5,7-9,11-12H2,1H3,(H,21,26)(H,24,25)/t15-,20+/m0/s1. The van der Waals surface area contributed by atoms with Crippen LogP contribution in [0.25, 0.3) is 10.9 Å². The summed E-state index contributed by atoms with van der Waals surface area (Å²) in [6.45, 7) is 3.53. The van der Waals surface area contributed by atoms with E-state index in [-0.39, 0.29) is 11.9 Å². The maximum absolute atomic E-state index is 12.5. The highest BCUT2D eigenvalue weighted by molar-refractivity contribution is 5.86. The molecule has 1 aromatic heterocycles. The molecule has 0 unspecified atom stereocenters. The second-order valence-corrected chi connectivity index (χ2v) is 7.72. The number of aryl methyl sites for hydroxylation is 1. The lowest BCUT2D eigenvalue weighted by Gasteiger charge is -2.23. The molecule has 1 aliphatic heterocycles. The minimum absolute atomic E-state index is 0.0991. The largest absolute Gasteiger partial charge is 0.481 e. The van der Waals surface area contributed by atoms with Gasteiger partial charge in [0.2, 0.25) is 0 Å². The van der Waals surface area contributed by atoms with Crippen LogP contribution in [-0.4, -0.2) is 46.6 Å². The van der Waals surface area contributed by atoms with Crippen LogP contribution >= 0.6 is 0 Å². The van der Waals surface area contributed by atoms with Gasteiger partial charge in [0.15, 0.2) is 0 Å². The molecule has 26 heavy (non-hydrogen) atoms. The molecule has 138 valence electrons. The molecule has 4 rings (SSSR count). The van der Waals surface area contributed by atoms with Crippen LogP contribution in [0.2, 0.25) is 0 Å². The third-order valence-electron chi connectivity index (χ3n) is 6.25. The van der Waals surface area contributed by atoms with Gasteiger partial charge >= 0.3 is 12.0 Å². The second-order valence-electron chi connectivity index (χ2n) is 7.72. The zero-order valence-corrected chi connectivity index (χ0v) is 15.0. The third-order valence-corrected chi connectivity index (χ3v) is 6.25. The van der Waals surface area contributed by atoms with Crippen LogP contribution in [0.4, 0.5) is 4.79 Å². The van der Waals surface area contributed by atoms with Gasteiger partial charge in [-0.2, -0.15) is 0 Å². The maximum Gasteiger partial charge on any atom is 0.317 e. The number of aliphatic carboxylic acids is 1. The monoisotopic (exact) mass is 355 g/mol.